The number of carbonyl (C=O) groups excluding carboxylic acids is 1. The molecule has 1 aromatic rings. The van der Waals surface area contributed by atoms with Crippen LogP contribution >= 0.6 is 24.8 Å². The lowest BCUT2D eigenvalue weighted by molar-refractivity contribution is -0.141. The standard InChI is InChI=1S/C14H18F3N3O.2ClH/c1-9-3-2-6-20(11(9)7-18)13(21)10-4-5-12(19-8-10)14(15,16)17;;/h4-5,8-9,11H,2-3,6-7,18H2,1H3;2*1H. The molecule has 0 saturated carbocycles. The molecule has 2 N–H and O–H groups in total. The van der Waals surface area contributed by atoms with Crippen molar-refractivity contribution in [3.63, 3.8) is 0 Å². The molecule has 132 valence electrons. The average Bonchev–Trinajstić information content (AvgIpc) is 2.45. The van der Waals surface area contributed by atoms with Crippen LogP contribution in [0.2, 0.25) is 0 Å². The molecule has 9 heteroatoms. The third-order valence-corrected chi connectivity index (χ3v) is 3.92. The number of aromatic nitrogens is 1. The number of piperidine rings is 1. The van der Waals surface area contributed by atoms with Gasteiger partial charge in [-0.15, -0.1) is 24.8 Å². The Morgan fingerprint density at radius 3 is 2.52 bits per heavy atom. The molecule has 4 nitrogen and oxygen atoms in total. The average molecular weight is 374 g/mol. The summed E-state index contributed by atoms with van der Waals surface area (Å²) in [6.45, 7) is 2.95. The molecule has 0 radical (unpaired) electrons. The molecule has 0 bridgehead atoms. The zero-order chi connectivity index (χ0) is 15.6. The first-order chi connectivity index (χ1) is 9.84. The van der Waals surface area contributed by atoms with E-state index in [1.54, 1.807) is 4.90 Å². The Morgan fingerprint density at radius 1 is 1.39 bits per heavy atom. The molecule has 2 rings (SSSR count). The van der Waals surface area contributed by atoms with Gasteiger partial charge in [0.05, 0.1) is 5.56 Å². The molecular weight excluding hydrogens is 354 g/mol. The van der Waals surface area contributed by atoms with E-state index in [0.29, 0.717) is 13.1 Å². The highest BCUT2D eigenvalue weighted by Gasteiger charge is 2.34. The van der Waals surface area contributed by atoms with Gasteiger partial charge in [0.1, 0.15) is 5.69 Å². The van der Waals surface area contributed by atoms with Crippen molar-refractivity contribution in [1.29, 1.82) is 0 Å². The number of amides is 1. The molecule has 1 fully saturated rings. The van der Waals surface area contributed by atoms with E-state index >= 15 is 0 Å². The van der Waals surface area contributed by atoms with E-state index in [0.717, 1.165) is 25.1 Å². The van der Waals surface area contributed by atoms with E-state index in [2.05, 4.69) is 4.98 Å². The zero-order valence-electron chi connectivity index (χ0n) is 12.5. The number of alkyl halides is 3. The fourth-order valence-corrected chi connectivity index (χ4v) is 2.71. The van der Waals surface area contributed by atoms with Gasteiger partial charge in [0, 0.05) is 25.3 Å². The van der Waals surface area contributed by atoms with E-state index in [-0.39, 0.29) is 48.2 Å². The summed E-state index contributed by atoms with van der Waals surface area (Å²) in [5, 5.41) is 0. The van der Waals surface area contributed by atoms with Gasteiger partial charge in [-0.1, -0.05) is 6.92 Å². The predicted molar refractivity (Wildman–Crippen MR) is 86.0 cm³/mol. The van der Waals surface area contributed by atoms with Crippen LogP contribution in [0.3, 0.4) is 0 Å². The van der Waals surface area contributed by atoms with Gasteiger partial charge >= 0.3 is 6.18 Å². The molecule has 1 aromatic heterocycles. The Hall–Kier alpha value is -1.05. The van der Waals surface area contributed by atoms with Crippen molar-refractivity contribution >= 4 is 30.7 Å². The summed E-state index contributed by atoms with van der Waals surface area (Å²) in [4.78, 5) is 17.4. The SMILES string of the molecule is CC1CCCN(C(=O)c2ccc(C(F)(F)F)nc2)C1CN.Cl.Cl. The van der Waals surface area contributed by atoms with Gasteiger partial charge in [-0.2, -0.15) is 13.2 Å². The van der Waals surface area contributed by atoms with Gasteiger partial charge in [-0.25, -0.2) is 0 Å². The largest absolute Gasteiger partial charge is 0.433 e. The Balaban J connectivity index is 0.00000242. The van der Waals surface area contributed by atoms with Crippen LogP contribution in [-0.4, -0.2) is 34.9 Å². The molecule has 23 heavy (non-hydrogen) atoms. The predicted octanol–water partition coefficient (Wildman–Crippen LogP) is 3.14. The summed E-state index contributed by atoms with van der Waals surface area (Å²) in [7, 11) is 0. The molecule has 1 amide bonds. The molecule has 2 atom stereocenters. The smallest absolute Gasteiger partial charge is 0.334 e. The highest BCUT2D eigenvalue weighted by atomic mass is 35.5. The van der Waals surface area contributed by atoms with Gasteiger partial charge in [-0.05, 0) is 30.9 Å². The number of halogens is 5. The van der Waals surface area contributed by atoms with Gasteiger partial charge in [-0.3, -0.25) is 9.78 Å². The minimum absolute atomic E-state index is 0. The fourth-order valence-electron chi connectivity index (χ4n) is 2.71. The Labute approximate surface area is 145 Å². The van der Waals surface area contributed by atoms with Crippen molar-refractivity contribution in [2.24, 2.45) is 11.7 Å². The number of nitrogens with two attached hydrogens (primary N) is 1. The maximum Gasteiger partial charge on any atom is 0.433 e. The van der Waals surface area contributed by atoms with Crippen LogP contribution in [-0.2, 0) is 6.18 Å². The summed E-state index contributed by atoms with van der Waals surface area (Å²) < 4.78 is 37.4. The molecule has 1 saturated heterocycles. The first kappa shape index (κ1) is 21.9. The minimum Gasteiger partial charge on any atom is -0.334 e. The second-order valence-corrected chi connectivity index (χ2v) is 5.35. The molecular formula is C14H20Cl2F3N3O. The number of rotatable bonds is 2. The lowest BCUT2D eigenvalue weighted by Crippen LogP contribution is -2.51. The van der Waals surface area contributed by atoms with Crippen molar-refractivity contribution in [3.05, 3.63) is 29.6 Å². The number of hydrogen-bond donors (Lipinski definition) is 1. The van der Waals surface area contributed by atoms with Crippen LogP contribution in [0.4, 0.5) is 13.2 Å². The summed E-state index contributed by atoms with van der Waals surface area (Å²) in [5.74, 6) is -0.0201. The van der Waals surface area contributed by atoms with Crippen LogP contribution in [0.25, 0.3) is 0 Å². The topological polar surface area (TPSA) is 59.2 Å². The van der Waals surface area contributed by atoms with Gasteiger partial charge in [0.25, 0.3) is 5.91 Å². The summed E-state index contributed by atoms with van der Waals surface area (Å²) in [6, 6.07) is 1.93. The highest BCUT2D eigenvalue weighted by molar-refractivity contribution is 5.94. The maximum absolute atomic E-state index is 12.5. The monoisotopic (exact) mass is 373 g/mol. The first-order valence-corrected chi connectivity index (χ1v) is 6.89. The Kier molecular flexibility index (Phi) is 8.31. The van der Waals surface area contributed by atoms with Crippen LogP contribution < -0.4 is 5.73 Å². The molecule has 2 heterocycles. The summed E-state index contributed by atoms with van der Waals surface area (Å²) in [5.41, 5.74) is 4.89. The number of nitrogens with zero attached hydrogens (tertiary/aromatic N) is 2. The fraction of sp³-hybridized carbons (Fsp3) is 0.571. The number of hydrogen-bond acceptors (Lipinski definition) is 3. The third kappa shape index (κ3) is 4.96. The van der Waals surface area contributed by atoms with E-state index < -0.39 is 11.9 Å². The van der Waals surface area contributed by atoms with Gasteiger partial charge in [0.15, 0.2) is 0 Å². The van der Waals surface area contributed by atoms with Crippen LogP contribution in [0.1, 0.15) is 35.8 Å². The minimum atomic E-state index is -4.50. The van der Waals surface area contributed by atoms with Crippen molar-refractivity contribution in [3.8, 4) is 0 Å². The van der Waals surface area contributed by atoms with Crippen LogP contribution in [0.5, 0.6) is 0 Å². The normalized spacial score (nSPS) is 21.2. The van der Waals surface area contributed by atoms with E-state index in [1.807, 2.05) is 6.92 Å². The van der Waals surface area contributed by atoms with Crippen molar-refractivity contribution in [2.75, 3.05) is 13.1 Å². The van der Waals surface area contributed by atoms with Crippen LogP contribution in [0.15, 0.2) is 18.3 Å². The van der Waals surface area contributed by atoms with Crippen molar-refractivity contribution in [2.45, 2.75) is 32.0 Å². The van der Waals surface area contributed by atoms with Gasteiger partial charge < -0.3 is 10.6 Å². The maximum atomic E-state index is 12.5. The highest BCUT2D eigenvalue weighted by Crippen LogP contribution is 2.28. The third-order valence-electron chi connectivity index (χ3n) is 3.92. The Bertz CT molecular complexity index is 511. The summed E-state index contributed by atoms with van der Waals surface area (Å²) in [6.07, 6.45) is -1.65. The second-order valence-electron chi connectivity index (χ2n) is 5.35. The quantitative estimate of drug-likeness (QED) is 0.865. The number of pyridine rings is 1. The lowest BCUT2D eigenvalue weighted by Gasteiger charge is -2.39. The molecule has 2 unspecified atom stereocenters. The molecule has 1 aliphatic rings. The van der Waals surface area contributed by atoms with Crippen molar-refractivity contribution in [1.82, 2.24) is 9.88 Å². The number of likely N-dealkylation sites (tertiary alicyclic amines) is 1. The molecule has 0 aromatic carbocycles. The molecule has 1 aliphatic heterocycles. The van der Waals surface area contributed by atoms with Crippen molar-refractivity contribution < 1.29 is 18.0 Å². The lowest BCUT2D eigenvalue weighted by atomic mass is 9.90. The van der Waals surface area contributed by atoms with Crippen LogP contribution in [0, 0.1) is 5.92 Å². The second kappa shape index (κ2) is 8.70. The molecule has 0 spiro atoms. The number of carbonyl (C=O) groups is 1. The van der Waals surface area contributed by atoms with Gasteiger partial charge in [0.2, 0.25) is 0 Å². The Morgan fingerprint density at radius 2 is 2.04 bits per heavy atom. The molecule has 0 aliphatic carbocycles. The summed E-state index contributed by atoms with van der Waals surface area (Å²) >= 11 is 0. The zero-order valence-corrected chi connectivity index (χ0v) is 14.2. The van der Waals surface area contributed by atoms with E-state index in [1.165, 1.54) is 6.07 Å². The van der Waals surface area contributed by atoms with E-state index in [9.17, 15) is 18.0 Å². The van der Waals surface area contributed by atoms with E-state index in [4.69, 9.17) is 5.73 Å². The first-order valence-electron chi connectivity index (χ1n) is 6.89.